The van der Waals surface area contributed by atoms with Crippen LogP contribution in [0.3, 0.4) is 0 Å². The maximum absolute atomic E-state index is 5.92. The van der Waals surface area contributed by atoms with Gasteiger partial charge in [0, 0.05) is 39.5 Å². The molecular weight excluding hydrogens is 555 g/mol. The smallest absolute Gasteiger partial charge is 0.0814 e. The molecule has 0 N–H and O–H groups in total. The second-order valence-electron chi connectivity index (χ2n) is 13.1. The van der Waals surface area contributed by atoms with E-state index in [1.807, 2.05) is 0 Å². The van der Waals surface area contributed by atoms with Gasteiger partial charge < -0.3 is 9.80 Å². The summed E-state index contributed by atoms with van der Waals surface area (Å²) in [6, 6.07) is 49.3. The molecule has 0 bridgehead atoms. The van der Waals surface area contributed by atoms with Crippen LogP contribution in [0.25, 0.3) is 11.1 Å². The van der Waals surface area contributed by atoms with Crippen molar-refractivity contribution < 1.29 is 0 Å². The van der Waals surface area contributed by atoms with E-state index in [0.717, 1.165) is 22.7 Å². The van der Waals surface area contributed by atoms with Gasteiger partial charge in [-0.2, -0.15) is 0 Å². The molecule has 6 aromatic rings. The summed E-state index contributed by atoms with van der Waals surface area (Å²) in [5, 5.41) is 0. The van der Waals surface area contributed by atoms with E-state index in [-0.39, 0.29) is 5.41 Å². The van der Waals surface area contributed by atoms with Crippen LogP contribution in [-0.4, -0.2) is 12.3 Å². The van der Waals surface area contributed by atoms with Crippen LogP contribution < -0.4 is 9.80 Å². The second-order valence-corrected chi connectivity index (χ2v) is 13.1. The molecule has 7 rings (SSSR count). The Labute approximate surface area is 280 Å². The molecule has 1 aliphatic carbocycles. The van der Waals surface area contributed by atoms with Gasteiger partial charge in [-0.15, -0.1) is 0 Å². The monoisotopic (exact) mass is 601 g/mol. The lowest BCUT2D eigenvalue weighted by atomic mass is 9.82. The Morgan fingerprint density at radius 2 is 0.652 bits per heavy atom. The summed E-state index contributed by atoms with van der Waals surface area (Å²) in [5.41, 5.74) is 17.2. The normalized spacial score (nSPS) is 13.2. The average Bonchev–Trinajstić information content (AvgIpc) is 3.30. The van der Waals surface area contributed by atoms with Gasteiger partial charge in [0.1, 0.15) is 0 Å². The summed E-state index contributed by atoms with van der Waals surface area (Å²) in [6.45, 7) is 13.3. The van der Waals surface area contributed by atoms with Crippen LogP contribution in [0.4, 0.5) is 34.1 Å². The van der Waals surface area contributed by atoms with Crippen LogP contribution >= 0.6 is 0 Å². The van der Waals surface area contributed by atoms with Crippen molar-refractivity contribution in [2.75, 3.05) is 9.80 Å². The summed E-state index contributed by atoms with van der Waals surface area (Å²) in [7, 11) is -1.42. The highest BCUT2D eigenvalue weighted by atomic mass is 15.1. The fourth-order valence-corrected chi connectivity index (χ4v) is 6.66. The summed E-state index contributed by atoms with van der Waals surface area (Å²) in [4.78, 5) is 4.75. The third-order valence-electron chi connectivity index (χ3n) is 9.33. The van der Waals surface area contributed by atoms with Crippen molar-refractivity contribution in [1.29, 1.82) is 4.01 Å². The Balaban J connectivity index is 0.000000989. The van der Waals surface area contributed by atoms with E-state index in [0.29, 0.717) is 0 Å². The van der Waals surface area contributed by atoms with Crippen LogP contribution in [0.2, 0.25) is 0 Å². The lowest BCUT2D eigenvalue weighted by Gasteiger charge is -2.29. The van der Waals surface area contributed by atoms with E-state index in [4.69, 9.17) is 4.01 Å². The molecule has 46 heavy (non-hydrogen) atoms. The molecule has 0 heterocycles. The molecule has 0 amide bonds. The minimum Gasteiger partial charge on any atom is -0.310 e. The van der Waals surface area contributed by atoms with E-state index in [1.165, 1.54) is 55.9 Å². The molecule has 3 heteroatoms. The molecule has 0 spiro atoms. The van der Waals surface area contributed by atoms with Crippen molar-refractivity contribution in [3.63, 3.8) is 0 Å². The molecule has 0 radical (unpaired) electrons. The van der Waals surface area contributed by atoms with E-state index >= 15 is 0 Å². The quantitative estimate of drug-likeness (QED) is 0.175. The van der Waals surface area contributed by atoms with Gasteiger partial charge in [0.2, 0.25) is 0 Å². The van der Waals surface area contributed by atoms with E-state index < -0.39 is 8.30 Å². The summed E-state index contributed by atoms with van der Waals surface area (Å²) in [6.07, 6.45) is 0. The topological polar surface area (TPSA) is 6.48 Å². The first-order valence-corrected chi connectivity index (χ1v) is 15.9. The van der Waals surface area contributed by atoms with Gasteiger partial charge in [-0.25, -0.2) is 0 Å². The van der Waals surface area contributed by atoms with Crippen LogP contribution in [0.15, 0.2) is 133 Å². The van der Waals surface area contributed by atoms with Crippen LogP contribution in [0.1, 0.15) is 47.2 Å². The Hall–Kier alpha value is -5.02. The minimum absolute atomic E-state index is 0.171. The molecule has 228 valence electrons. The molecule has 2 nitrogen and oxygen atoms in total. The predicted octanol–water partition coefficient (Wildman–Crippen LogP) is 11.0. The number of nitrogens with zero attached hydrogens (tertiary/aromatic N) is 2. The van der Waals surface area contributed by atoms with Gasteiger partial charge in [-0.05, 0) is 127 Å². The van der Waals surface area contributed by atoms with Crippen LogP contribution in [0, 0.1) is 27.7 Å². The molecule has 0 aliphatic heterocycles. The largest absolute Gasteiger partial charge is 0.310 e. The standard InChI is InChI=1S/C43H40N2.BH3/c1-29-7-15-33(16-8-29)44(34-17-9-30(2)10-18-34)37-23-25-39-40-26-24-38(28-42(40)43(5,6)41(39)27-37)45(35-19-11-31(3)12-20-35)36-21-13-32(4)14-22-36;/h7-28H,1-6H3;1H3/i;1D3. The third-order valence-corrected chi connectivity index (χ3v) is 9.33. The molecule has 1 aliphatic rings. The lowest BCUT2D eigenvalue weighted by Crippen LogP contribution is -2.17. The molecule has 0 unspecified atom stereocenters. The number of fused-ring (bicyclic) bond motifs is 3. The molecule has 6 aromatic carbocycles. The highest BCUT2D eigenvalue weighted by molar-refractivity contribution is 5.88. The SMILES string of the molecule is Cc1ccc(N(c2ccc(C)cc2)c2ccc3c(c2)C(C)(C)c2cc(N(c4ccc(C)cc4)c4ccc(C)cc4)ccc2-3)cc1.[2H]B([2H])[2H]. The summed E-state index contributed by atoms with van der Waals surface area (Å²) in [5.74, 6) is 0. The van der Waals surface area contributed by atoms with Crippen molar-refractivity contribution in [2.45, 2.75) is 47.0 Å². The predicted molar refractivity (Wildman–Crippen MR) is 202 cm³/mol. The van der Waals surface area contributed by atoms with E-state index in [9.17, 15) is 0 Å². The number of rotatable bonds is 6. The van der Waals surface area contributed by atoms with Crippen molar-refractivity contribution in [2.24, 2.45) is 0 Å². The Morgan fingerprint density at radius 1 is 0.413 bits per heavy atom. The zero-order chi connectivity index (χ0) is 34.9. The second kappa shape index (κ2) is 12.1. The zero-order valence-electron chi connectivity index (χ0n) is 30.7. The molecule has 0 saturated heterocycles. The van der Waals surface area contributed by atoms with Gasteiger partial charge in [0.05, 0.1) is 8.30 Å². The third kappa shape index (κ3) is 5.52. The zero-order valence-corrected chi connectivity index (χ0v) is 27.7. The van der Waals surface area contributed by atoms with Crippen LogP contribution in [0.5, 0.6) is 0 Å². The highest BCUT2D eigenvalue weighted by Crippen LogP contribution is 2.52. The Kier molecular flexibility index (Phi) is 7.16. The lowest BCUT2D eigenvalue weighted by molar-refractivity contribution is 0.660. The fraction of sp³-hybridized carbons (Fsp3) is 0.163. The van der Waals surface area contributed by atoms with E-state index in [2.05, 4.69) is 185 Å². The number of anilines is 6. The van der Waals surface area contributed by atoms with Crippen molar-refractivity contribution in [3.8, 4) is 11.1 Å². The molecular formula is C43H43BN2. The van der Waals surface area contributed by atoms with Crippen molar-refractivity contribution >= 4 is 42.4 Å². The first kappa shape index (κ1) is 27.3. The average molecular weight is 602 g/mol. The van der Waals surface area contributed by atoms with Gasteiger partial charge in [0.25, 0.3) is 0 Å². The summed E-state index contributed by atoms with van der Waals surface area (Å²) < 4.78 is 17.8. The number of hydrogen-bond donors (Lipinski definition) is 0. The van der Waals surface area contributed by atoms with Gasteiger partial charge in [0.15, 0.2) is 0 Å². The highest BCUT2D eigenvalue weighted by Gasteiger charge is 2.36. The minimum atomic E-state index is -1.42. The Bertz CT molecular complexity index is 1810. The molecule has 0 aromatic heterocycles. The van der Waals surface area contributed by atoms with Crippen molar-refractivity contribution in [3.05, 3.63) is 167 Å². The first-order chi connectivity index (χ1) is 23.4. The number of benzene rings is 6. The fourth-order valence-electron chi connectivity index (χ4n) is 6.66. The van der Waals surface area contributed by atoms with E-state index in [1.54, 1.807) is 0 Å². The number of hydrogen-bond acceptors (Lipinski definition) is 2. The molecule has 0 saturated carbocycles. The first-order valence-electron chi connectivity index (χ1n) is 17.6. The Morgan fingerprint density at radius 3 is 0.913 bits per heavy atom. The van der Waals surface area contributed by atoms with Gasteiger partial charge in [-0.3, -0.25) is 0 Å². The van der Waals surface area contributed by atoms with Crippen LogP contribution in [-0.2, 0) is 5.41 Å². The van der Waals surface area contributed by atoms with Crippen molar-refractivity contribution in [1.82, 2.24) is 0 Å². The maximum Gasteiger partial charge on any atom is 0.0814 e. The molecule has 0 fully saturated rings. The van der Waals surface area contributed by atoms with Gasteiger partial charge >= 0.3 is 0 Å². The number of aryl methyl sites for hydroxylation is 4. The van der Waals surface area contributed by atoms with Gasteiger partial charge in [-0.1, -0.05) is 96.8 Å². The molecule has 0 atom stereocenters. The summed E-state index contributed by atoms with van der Waals surface area (Å²) >= 11 is 0. The maximum atomic E-state index is 5.92.